The van der Waals surface area contributed by atoms with E-state index in [1.165, 1.54) is 19.2 Å². The van der Waals surface area contributed by atoms with E-state index >= 15 is 4.39 Å². The number of anilines is 3. The van der Waals surface area contributed by atoms with Crippen LogP contribution in [0.5, 0.6) is 11.8 Å². The predicted octanol–water partition coefficient (Wildman–Crippen LogP) is 6.07. The molecule has 212 valence electrons. The van der Waals surface area contributed by atoms with Crippen molar-refractivity contribution >= 4 is 49.0 Å². The molecule has 2 aliphatic rings. The largest absolute Gasteiger partial charge is 0.491 e. The zero-order valence-electron chi connectivity index (χ0n) is 22.7. The summed E-state index contributed by atoms with van der Waals surface area (Å²) in [7, 11) is 1.42. The van der Waals surface area contributed by atoms with Gasteiger partial charge in [-0.3, -0.25) is 0 Å². The molecule has 9 nitrogen and oxygen atoms in total. The van der Waals surface area contributed by atoms with Gasteiger partial charge in [0.05, 0.1) is 35.3 Å². The number of benzene rings is 2. The molecule has 1 unspecified atom stereocenters. The van der Waals surface area contributed by atoms with Gasteiger partial charge in [0.25, 0.3) is 0 Å². The first-order valence-corrected chi connectivity index (χ1v) is 14.3. The van der Waals surface area contributed by atoms with Crippen LogP contribution in [0.2, 0.25) is 0 Å². The van der Waals surface area contributed by atoms with Crippen LogP contribution in [0, 0.1) is 23.0 Å². The minimum atomic E-state index is -0.627. The van der Waals surface area contributed by atoms with E-state index in [9.17, 15) is 9.65 Å². The van der Waals surface area contributed by atoms with Crippen molar-refractivity contribution in [3.8, 4) is 29.0 Å². The summed E-state index contributed by atoms with van der Waals surface area (Å²) in [4.78, 5) is 15.4. The van der Waals surface area contributed by atoms with Crippen molar-refractivity contribution in [2.24, 2.45) is 0 Å². The van der Waals surface area contributed by atoms with Gasteiger partial charge in [0, 0.05) is 28.3 Å². The average molecular weight is 586 g/mol. The molecule has 3 aromatic heterocycles. The third-order valence-electron chi connectivity index (χ3n) is 8.04. The van der Waals surface area contributed by atoms with Gasteiger partial charge < -0.3 is 25.8 Å². The number of nitriles is 1. The quantitative estimate of drug-likeness (QED) is 0.252. The first-order valence-electron chi connectivity index (χ1n) is 13.5. The van der Waals surface area contributed by atoms with Gasteiger partial charge in [-0.2, -0.15) is 15.2 Å². The van der Waals surface area contributed by atoms with Crippen molar-refractivity contribution in [1.82, 2.24) is 15.0 Å². The molecule has 1 aliphatic carbocycles. The molecule has 1 saturated carbocycles. The lowest BCUT2D eigenvalue weighted by Crippen LogP contribution is -2.31. The maximum absolute atomic E-state index is 17.1. The van der Waals surface area contributed by atoms with Crippen LogP contribution >= 0.6 is 11.3 Å². The van der Waals surface area contributed by atoms with Gasteiger partial charge in [-0.1, -0.05) is 12.1 Å². The maximum Gasteiger partial charge on any atom is 0.318 e. The van der Waals surface area contributed by atoms with E-state index in [2.05, 4.69) is 16.0 Å². The third-order valence-corrected chi connectivity index (χ3v) is 9.07. The number of aromatic nitrogens is 3. The van der Waals surface area contributed by atoms with Crippen molar-refractivity contribution in [1.29, 1.82) is 5.26 Å². The number of methoxy groups -OCH3 is 1. The molecule has 12 heteroatoms. The zero-order chi connectivity index (χ0) is 29.3. The Bertz CT molecular complexity index is 1970. The molecule has 0 radical (unpaired) electrons. The third kappa shape index (κ3) is 3.80. The summed E-state index contributed by atoms with van der Waals surface area (Å²) in [5, 5.41) is 10.8. The molecule has 0 saturated heterocycles. The van der Waals surface area contributed by atoms with E-state index in [1.807, 2.05) is 24.0 Å². The lowest BCUT2D eigenvalue weighted by molar-refractivity contribution is 0.324. The van der Waals surface area contributed by atoms with E-state index in [0.29, 0.717) is 40.4 Å². The molecule has 1 aliphatic heterocycles. The molecule has 2 aromatic carbocycles. The molecule has 0 bridgehead atoms. The van der Waals surface area contributed by atoms with Crippen LogP contribution < -0.4 is 25.8 Å². The summed E-state index contributed by atoms with van der Waals surface area (Å²) in [6, 6.07) is 8.28. The summed E-state index contributed by atoms with van der Waals surface area (Å²) in [6.07, 6.45) is 3.28. The second-order valence-corrected chi connectivity index (χ2v) is 11.5. The minimum Gasteiger partial charge on any atom is -0.491 e. The van der Waals surface area contributed by atoms with Crippen molar-refractivity contribution in [2.75, 3.05) is 36.6 Å². The van der Waals surface area contributed by atoms with E-state index < -0.39 is 11.6 Å². The first-order chi connectivity index (χ1) is 20.3. The topological polar surface area (TPSA) is 136 Å². The zero-order valence-corrected chi connectivity index (χ0v) is 23.6. The number of nitrogen functional groups attached to an aromatic ring is 2. The van der Waals surface area contributed by atoms with Crippen LogP contribution in [-0.4, -0.2) is 35.2 Å². The average Bonchev–Trinajstić information content (AvgIpc) is 3.79. The van der Waals surface area contributed by atoms with Gasteiger partial charge in [0.1, 0.15) is 46.4 Å². The predicted molar refractivity (Wildman–Crippen MR) is 158 cm³/mol. The smallest absolute Gasteiger partial charge is 0.318 e. The summed E-state index contributed by atoms with van der Waals surface area (Å²) in [5.74, 6) is 0.169. The molecule has 7 rings (SSSR count). The second kappa shape index (κ2) is 9.66. The van der Waals surface area contributed by atoms with Crippen LogP contribution in [0.3, 0.4) is 0 Å². The van der Waals surface area contributed by atoms with Crippen LogP contribution in [0.4, 0.5) is 25.4 Å². The Morgan fingerprint density at radius 1 is 1.19 bits per heavy atom. The highest BCUT2D eigenvalue weighted by Crippen LogP contribution is 2.56. The fourth-order valence-electron chi connectivity index (χ4n) is 5.94. The fourth-order valence-corrected chi connectivity index (χ4v) is 6.89. The highest BCUT2D eigenvalue weighted by atomic mass is 32.1. The van der Waals surface area contributed by atoms with Crippen LogP contribution in [-0.2, 0) is 0 Å². The molecule has 0 spiro atoms. The van der Waals surface area contributed by atoms with E-state index in [-0.39, 0.29) is 56.3 Å². The SMILES string of the molecule is COc1nc2c3c(c(C4CC4)c(-c4ccc(F)c5sc(N)c(C#N)c45)c(F)c3n1)OCCN2C(C)c1cccnc1N. The molecule has 1 fully saturated rings. The van der Waals surface area contributed by atoms with Crippen molar-refractivity contribution < 1.29 is 18.3 Å². The van der Waals surface area contributed by atoms with Crippen molar-refractivity contribution in [2.45, 2.75) is 31.7 Å². The van der Waals surface area contributed by atoms with Gasteiger partial charge >= 0.3 is 6.01 Å². The highest BCUT2D eigenvalue weighted by Gasteiger charge is 2.39. The Hall–Kier alpha value is -4.76. The number of thiophene rings is 1. The van der Waals surface area contributed by atoms with E-state index in [4.69, 9.17) is 25.9 Å². The second-order valence-electron chi connectivity index (χ2n) is 10.4. The van der Waals surface area contributed by atoms with Crippen LogP contribution in [0.1, 0.15) is 48.4 Å². The fraction of sp³-hybridized carbons (Fsp3) is 0.267. The normalized spacial score (nSPS) is 15.4. The number of rotatable bonds is 5. The number of pyridine rings is 1. The van der Waals surface area contributed by atoms with E-state index in [0.717, 1.165) is 29.7 Å². The van der Waals surface area contributed by atoms with Gasteiger partial charge in [0.2, 0.25) is 0 Å². The number of ether oxygens (including phenoxy) is 2. The Labute approximate surface area is 243 Å². The van der Waals surface area contributed by atoms with E-state index in [1.54, 1.807) is 6.20 Å². The van der Waals surface area contributed by atoms with Crippen LogP contribution in [0.15, 0.2) is 30.5 Å². The Morgan fingerprint density at radius 3 is 2.71 bits per heavy atom. The minimum absolute atomic E-state index is 0.00316. The monoisotopic (exact) mass is 585 g/mol. The molecule has 4 N–H and O–H groups in total. The Morgan fingerprint density at radius 2 is 2.00 bits per heavy atom. The number of hydrogen-bond donors (Lipinski definition) is 2. The Balaban J connectivity index is 1.58. The van der Waals surface area contributed by atoms with Gasteiger partial charge in [0.15, 0.2) is 5.82 Å². The molecule has 42 heavy (non-hydrogen) atoms. The number of nitrogens with two attached hydrogens (primary N) is 2. The maximum atomic E-state index is 17.1. The van der Waals surface area contributed by atoms with Crippen LogP contribution in [0.25, 0.3) is 32.1 Å². The van der Waals surface area contributed by atoms with Gasteiger partial charge in [-0.25, -0.2) is 13.8 Å². The number of nitrogens with zero attached hydrogens (tertiary/aromatic N) is 5. The molecule has 4 heterocycles. The summed E-state index contributed by atoms with van der Waals surface area (Å²) < 4.78 is 44.2. The summed E-state index contributed by atoms with van der Waals surface area (Å²) in [6.45, 7) is 2.67. The lowest BCUT2D eigenvalue weighted by atomic mass is 9.90. The number of hydrogen-bond acceptors (Lipinski definition) is 10. The van der Waals surface area contributed by atoms with Crippen molar-refractivity contribution in [3.05, 3.63) is 58.8 Å². The molecule has 1 atom stereocenters. The number of halogens is 2. The first kappa shape index (κ1) is 26.2. The highest BCUT2D eigenvalue weighted by molar-refractivity contribution is 7.23. The van der Waals surface area contributed by atoms with Gasteiger partial charge in [-0.05, 0) is 43.4 Å². The molecule has 5 aromatic rings. The number of fused-ring (bicyclic) bond motifs is 1. The summed E-state index contributed by atoms with van der Waals surface area (Å²) in [5.41, 5.74) is 14.5. The Kier molecular flexibility index (Phi) is 6.02. The summed E-state index contributed by atoms with van der Waals surface area (Å²) >= 11 is 0.973. The van der Waals surface area contributed by atoms with Crippen molar-refractivity contribution in [3.63, 3.8) is 0 Å². The molecular weight excluding hydrogens is 560 g/mol. The molecular formula is C30H25F2N7O2S. The molecule has 0 amide bonds. The van der Waals surface area contributed by atoms with Gasteiger partial charge in [-0.15, -0.1) is 11.3 Å². The lowest BCUT2D eigenvalue weighted by Gasteiger charge is -2.30. The standard InChI is InChI=1S/C30H25F2N7O2S/c1-13(15-4-3-9-36-27(15)34)39-10-11-41-25-19(14-5-6-14)21(23(32)24-22(25)29(39)38-30(37-24)40-2)16-7-8-18(31)26-20(16)17(12-33)28(35)42-26/h3-4,7-9,13-14H,5-6,10-11,35H2,1-2H3,(H2,34,36).